The molecule has 206 valence electrons. The van der Waals surface area contributed by atoms with Crippen molar-refractivity contribution >= 4 is 14.5 Å². The Hall–Kier alpha value is -0.890. The molecule has 0 saturated heterocycles. The molecular formula is C24H47N2O8P. The fourth-order valence-corrected chi connectivity index (χ4v) is 4.37. The third-order valence-electron chi connectivity index (χ3n) is 4.08. The molecule has 0 aliphatic carbocycles. The average molecular weight is 523 g/mol. The molecule has 0 aromatic rings. The topological polar surface area (TPSA) is 109 Å². The highest BCUT2D eigenvalue weighted by molar-refractivity contribution is 7.44. The van der Waals surface area contributed by atoms with Crippen LogP contribution in [0.15, 0.2) is 0 Å². The van der Waals surface area contributed by atoms with Crippen LogP contribution in [-0.2, 0) is 37.5 Å². The molecule has 35 heavy (non-hydrogen) atoms. The lowest BCUT2D eigenvalue weighted by Gasteiger charge is -2.35. The number of esters is 1. The van der Waals surface area contributed by atoms with Crippen molar-refractivity contribution in [2.75, 3.05) is 66.1 Å². The fraction of sp³-hybridized carbons (Fsp3) is 0.917. The number of nitriles is 1. The maximum atomic E-state index is 11.5. The van der Waals surface area contributed by atoms with E-state index in [9.17, 15) is 4.79 Å². The maximum absolute atomic E-state index is 11.5. The van der Waals surface area contributed by atoms with E-state index in [1.165, 1.54) is 0 Å². The Morgan fingerprint density at radius 2 is 1.20 bits per heavy atom. The summed E-state index contributed by atoms with van der Waals surface area (Å²) in [5.41, 5.74) is -0.473. The van der Waals surface area contributed by atoms with Gasteiger partial charge in [-0.05, 0) is 48.5 Å². The SMILES string of the molecule is CC(C)N(C(C)C)P(OCCC#N)OCCOCCOCCOCCOCCC(=O)OC(C)(C)C. The molecule has 0 aromatic heterocycles. The molecule has 0 fully saturated rings. The number of rotatable bonds is 22. The van der Waals surface area contributed by atoms with Crippen LogP contribution in [0.4, 0.5) is 0 Å². The molecule has 0 spiro atoms. The first kappa shape index (κ1) is 34.1. The first-order valence-electron chi connectivity index (χ1n) is 12.3. The molecule has 1 atom stereocenters. The fourth-order valence-electron chi connectivity index (χ4n) is 2.80. The number of carbonyl (C=O) groups is 1. The Labute approximate surface area is 213 Å². The average Bonchev–Trinajstić information content (AvgIpc) is 2.74. The first-order valence-corrected chi connectivity index (χ1v) is 13.5. The minimum absolute atomic E-state index is 0.231. The zero-order valence-electron chi connectivity index (χ0n) is 22.7. The Morgan fingerprint density at radius 3 is 1.63 bits per heavy atom. The van der Waals surface area contributed by atoms with Gasteiger partial charge in [-0.2, -0.15) is 5.26 Å². The van der Waals surface area contributed by atoms with Crippen molar-refractivity contribution in [2.45, 2.75) is 79.0 Å². The molecule has 10 nitrogen and oxygen atoms in total. The van der Waals surface area contributed by atoms with Crippen molar-refractivity contribution < 1.29 is 37.5 Å². The van der Waals surface area contributed by atoms with Crippen LogP contribution < -0.4 is 0 Å². The number of hydrogen-bond donors (Lipinski definition) is 0. The van der Waals surface area contributed by atoms with Gasteiger partial charge in [0.05, 0.1) is 85.0 Å². The molecule has 0 aliphatic rings. The van der Waals surface area contributed by atoms with E-state index in [0.29, 0.717) is 72.5 Å². The highest BCUT2D eigenvalue weighted by Crippen LogP contribution is 2.45. The van der Waals surface area contributed by atoms with Crippen molar-refractivity contribution in [3.8, 4) is 6.07 Å². The van der Waals surface area contributed by atoms with Crippen LogP contribution in [-0.4, -0.2) is 94.4 Å². The maximum Gasteiger partial charge on any atom is 0.308 e. The molecule has 0 bridgehead atoms. The number of hydrogen-bond acceptors (Lipinski definition) is 10. The van der Waals surface area contributed by atoms with Gasteiger partial charge in [-0.25, -0.2) is 4.67 Å². The van der Waals surface area contributed by atoms with Crippen molar-refractivity contribution in [2.24, 2.45) is 0 Å². The van der Waals surface area contributed by atoms with Crippen LogP contribution in [0.5, 0.6) is 0 Å². The Morgan fingerprint density at radius 1 is 0.771 bits per heavy atom. The standard InChI is InChI=1S/C24H47N2O8P/c1-21(2)26(22(3)4)35(32-11-8-10-25)33-20-19-31-18-17-30-16-15-29-14-13-28-12-9-23(27)34-24(5,6)7/h21-22H,8-9,11-20H2,1-7H3. The highest BCUT2D eigenvalue weighted by Gasteiger charge is 2.26. The Kier molecular flexibility index (Phi) is 20.7. The minimum Gasteiger partial charge on any atom is -0.460 e. The van der Waals surface area contributed by atoms with Crippen molar-refractivity contribution in [1.82, 2.24) is 4.67 Å². The summed E-state index contributed by atoms with van der Waals surface area (Å²) >= 11 is 0. The van der Waals surface area contributed by atoms with Crippen LogP contribution in [0.2, 0.25) is 0 Å². The summed E-state index contributed by atoms with van der Waals surface area (Å²) in [5.74, 6) is -0.265. The number of nitrogens with zero attached hydrogens (tertiary/aromatic N) is 2. The van der Waals surface area contributed by atoms with E-state index in [2.05, 4.69) is 38.4 Å². The second kappa shape index (κ2) is 21.2. The predicted molar refractivity (Wildman–Crippen MR) is 135 cm³/mol. The van der Waals surface area contributed by atoms with Crippen LogP contribution >= 0.6 is 8.53 Å². The number of ether oxygens (including phenoxy) is 5. The molecule has 0 heterocycles. The summed E-state index contributed by atoms with van der Waals surface area (Å²) in [6.45, 7) is 18.1. The molecule has 0 rings (SSSR count). The summed E-state index contributed by atoms with van der Waals surface area (Å²) in [5, 5.41) is 8.75. The minimum atomic E-state index is -1.24. The van der Waals surface area contributed by atoms with Crippen molar-refractivity contribution in [3.05, 3.63) is 0 Å². The van der Waals surface area contributed by atoms with Gasteiger partial charge < -0.3 is 32.7 Å². The molecule has 0 aromatic carbocycles. The van der Waals surface area contributed by atoms with Crippen LogP contribution in [0.3, 0.4) is 0 Å². The van der Waals surface area contributed by atoms with E-state index < -0.39 is 14.1 Å². The summed E-state index contributed by atoms with van der Waals surface area (Å²) in [7, 11) is -1.24. The van der Waals surface area contributed by atoms with Crippen LogP contribution in [0, 0.1) is 11.3 Å². The smallest absolute Gasteiger partial charge is 0.308 e. The lowest BCUT2D eigenvalue weighted by Crippen LogP contribution is -2.34. The summed E-state index contributed by atoms with van der Waals surface area (Å²) < 4.78 is 41.0. The van der Waals surface area contributed by atoms with E-state index in [1.807, 2.05) is 20.8 Å². The lowest BCUT2D eigenvalue weighted by molar-refractivity contribution is -0.156. The first-order chi connectivity index (χ1) is 16.6. The molecule has 0 radical (unpaired) electrons. The predicted octanol–water partition coefficient (Wildman–Crippen LogP) is 4.08. The highest BCUT2D eigenvalue weighted by atomic mass is 31.2. The molecule has 1 unspecified atom stereocenters. The Balaban J connectivity index is 3.69. The second-order valence-corrected chi connectivity index (χ2v) is 10.6. The second-order valence-electron chi connectivity index (χ2n) is 9.17. The summed E-state index contributed by atoms with van der Waals surface area (Å²) in [4.78, 5) is 11.5. The van der Waals surface area contributed by atoms with Gasteiger partial charge in [0, 0.05) is 12.1 Å². The Bertz CT molecular complexity index is 559. The van der Waals surface area contributed by atoms with E-state index in [-0.39, 0.29) is 24.5 Å². The van der Waals surface area contributed by atoms with E-state index in [0.717, 1.165) is 0 Å². The van der Waals surface area contributed by atoms with Gasteiger partial charge in [0.2, 0.25) is 0 Å². The van der Waals surface area contributed by atoms with E-state index >= 15 is 0 Å². The molecular weight excluding hydrogens is 475 g/mol. The largest absolute Gasteiger partial charge is 0.460 e. The third kappa shape index (κ3) is 20.9. The van der Waals surface area contributed by atoms with Crippen molar-refractivity contribution in [3.63, 3.8) is 0 Å². The zero-order chi connectivity index (χ0) is 26.5. The molecule has 11 heteroatoms. The van der Waals surface area contributed by atoms with Gasteiger partial charge in [-0.15, -0.1) is 0 Å². The van der Waals surface area contributed by atoms with Gasteiger partial charge in [0.15, 0.2) is 0 Å². The number of carbonyl (C=O) groups excluding carboxylic acids is 1. The van der Waals surface area contributed by atoms with Gasteiger partial charge in [0.1, 0.15) is 5.60 Å². The molecule has 0 amide bonds. The van der Waals surface area contributed by atoms with Gasteiger partial charge in [-0.1, -0.05) is 0 Å². The van der Waals surface area contributed by atoms with Crippen molar-refractivity contribution in [1.29, 1.82) is 5.26 Å². The summed E-state index contributed by atoms with van der Waals surface area (Å²) in [6, 6.07) is 2.63. The lowest BCUT2D eigenvalue weighted by atomic mass is 10.2. The van der Waals surface area contributed by atoms with Crippen LogP contribution in [0.1, 0.15) is 61.3 Å². The van der Waals surface area contributed by atoms with Crippen LogP contribution in [0.25, 0.3) is 0 Å². The van der Waals surface area contributed by atoms with Gasteiger partial charge in [0.25, 0.3) is 8.53 Å². The third-order valence-corrected chi connectivity index (χ3v) is 6.19. The summed E-state index contributed by atoms with van der Waals surface area (Å²) in [6.07, 6.45) is 0.569. The normalized spacial score (nSPS) is 12.9. The molecule has 0 saturated carbocycles. The molecule has 0 aliphatic heterocycles. The monoisotopic (exact) mass is 522 g/mol. The van der Waals surface area contributed by atoms with Gasteiger partial charge in [-0.3, -0.25) is 4.79 Å². The quantitative estimate of drug-likeness (QED) is 0.117. The van der Waals surface area contributed by atoms with E-state index in [4.69, 9.17) is 38.0 Å². The van der Waals surface area contributed by atoms with Gasteiger partial charge >= 0.3 is 5.97 Å². The zero-order valence-corrected chi connectivity index (χ0v) is 23.6. The van der Waals surface area contributed by atoms with E-state index in [1.54, 1.807) is 0 Å². The molecule has 0 N–H and O–H groups in total.